The fourth-order valence-electron chi connectivity index (χ4n) is 2.86. The number of carboxylic acid groups (broad SMARTS) is 2. The van der Waals surface area contributed by atoms with E-state index in [4.69, 9.17) is 10.8 Å². The topological polar surface area (TPSA) is 195 Å². The molecule has 0 aliphatic heterocycles. The van der Waals surface area contributed by atoms with E-state index in [2.05, 4.69) is 15.6 Å². The van der Waals surface area contributed by atoms with Gasteiger partial charge in [0.25, 0.3) is 0 Å². The molecule has 0 radical (unpaired) electrons. The highest BCUT2D eigenvalue weighted by Crippen LogP contribution is 2.19. The summed E-state index contributed by atoms with van der Waals surface area (Å²) in [4.78, 5) is 50.2. The molecular weight excluding hydrogens is 396 g/mol. The highest BCUT2D eigenvalue weighted by atomic mass is 16.4. The summed E-state index contributed by atoms with van der Waals surface area (Å²) in [6.07, 6.45) is -0.381. The van der Waals surface area contributed by atoms with Crippen LogP contribution in [0.15, 0.2) is 30.5 Å². The predicted molar refractivity (Wildman–Crippen MR) is 105 cm³/mol. The Hall–Kier alpha value is -3.44. The number of aromatic nitrogens is 1. The van der Waals surface area contributed by atoms with Gasteiger partial charge in [-0.3, -0.25) is 14.4 Å². The van der Waals surface area contributed by atoms with E-state index >= 15 is 0 Å². The number of benzene rings is 1. The van der Waals surface area contributed by atoms with E-state index in [9.17, 15) is 29.4 Å². The van der Waals surface area contributed by atoms with Crippen molar-refractivity contribution < 1.29 is 34.5 Å². The Bertz CT molecular complexity index is 940. The quantitative estimate of drug-likeness (QED) is 0.253. The molecule has 2 rings (SSSR count). The molecule has 11 nitrogen and oxygen atoms in total. The lowest BCUT2D eigenvalue weighted by molar-refractivity contribution is -0.147. The second kappa shape index (κ2) is 9.85. The third kappa shape index (κ3) is 5.78. The average Bonchev–Trinajstić information content (AvgIpc) is 3.08. The molecule has 4 atom stereocenters. The van der Waals surface area contributed by atoms with Gasteiger partial charge < -0.3 is 36.7 Å². The van der Waals surface area contributed by atoms with Crippen LogP contribution in [0.4, 0.5) is 0 Å². The zero-order chi connectivity index (χ0) is 22.4. The van der Waals surface area contributed by atoms with Crippen LogP contribution in [0.2, 0.25) is 0 Å². The van der Waals surface area contributed by atoms with E-state index < -0.39 is 54.4 Å². The minimum Gasteiger partial charge on any atom is -0.481 e. The van der Waals surface area contributed by atoms with Crippen LogP contribution in [0, 0.1) is 0 Å². The molecule has 0 fully saturated rings. The van der Waals surface area contributed by atoms with Gasteiger partial charge in [0, 0.05) is 23.5 Å². The minimum absolute atomic E-state index is 0.0203. The molecule has 2 aromatic rings. The number of hydrogen-bond acceptors (Lipinski definition) is 6. The molecule has 30 heavy (non-hydrogen) atoms. The lowest BCUT2D eigenvalue weighted by Gasteiger charge is -2.23. The Kier molecular flexibility index (Phi) is 7.50. The molecular formula is C19H24N4O7. The summed E-state index contributed by atoms with van der Waals surface area (Å²) in [7, 11) is 0. The minimum atomic E-state index is -1.68. The highest BCUT2D eigenvalue weighted by Gasteiger charge is 2.30. The normalized spacial score (nSPS) is 15.0. The van der Waals surface area contributed by atoms with Crippen LogP contribution < -0.4 is 16.4 Å². The maximum atomic E-state index is 12.7. The van der Waals surface area contributed by atoms with Crippen molar-refractivity contribution in [2.24, 2.45) is 5.73 Å². The summed E-state index contributed by atoms with van der Waals surface area (Å²) in [6, 6.07) is 3.01. The van der Waals surface area contributed by atoms with Crippen molar-refractivity contribution >= 4 is 34.7 Å². The van der Waals surface area contributed by atoms with Gasteiger partial charge in [0.15, 0.2) is 0 Å². The number of aliphatic hydroxyl groups is 1. The van der Waals surface area contributed by atoms with Crippen LogP contribution in [0.1, 0.15) is 18.9 Å². The molecule has 1 aromatic heterocycles. The van der Waals surface area contributed by atoms with Crippen molar-refractivity contribution in [3.8, 4) is 0 Å². The first-order valence-electron chi connectivity index (χ1n) is 9.14. The van der Waals surface area contributed by atoms with Gasteiger partial charge in [-0.05, 0) is 18.6 Å². The maximum absolute atomic E-state index is 12.7. The number of rotatable bonds is 10. The molecule has 0 saturated carbocycles. The molecule has 0 aliphatic carbocycles. The molecule has 1 aromatic carbocycles. The number of para-hydroxylation sites is 1. The third-order valence-corrected chi connectivity index (χ3v) is 4.55. The van der Waals surface area contributed by atoms with Gasteiger partial charge in [-0.1, -0.05) is 18.2 Å². The van der Waals surface area contributed by atoms with E-state index in [1.54, 1.807) is 12.3 Å². The van der Waals surface area contributed by atoms with Crippen LogP contribution in [-0.4, -0.2) is 68.3 Å². The smallest absolute Gasteiger partial charge is 0.326 e. The van der Waals surface area contributed by atoms with Crippen molar-refractivity contribution in [1.82, 2.24) is 15.6 Å². The van der Waals surface area contributed by atoms with Gasteiger partial charge in [0.05, 0.1) is 12.5 Å². The highest BCUT2D eigenvalue weighted by molar-refractivity contribution is 5.93. The Morgan fingerprint density at radius 1 is 1.07 bits per heavy atom. The molecule has 4 unspecified atom stereocenters. The van der Waals surface area contributed by atoms with E-state index in [0.29, 0.717) is 5.56 Å². The number of hydrogen-bond donors (Lipinski definition) is 7. The summed E-state index contributed by atoms with van der Waals surface area (Å²) in [6.45, 7) is 1.31. The van der Waals surface area contributed by atoms with Crippen LogP contribution in [0.3, 0.4) is 0 Å². The first kappa shape index (κ1) is 22.8. The zero-order valence-electron chi connectivity index (χ0n) is 16.2. The number of amides is 2. The molecule has 11 heteroatoms. The fourth-order valence-corrected chi connectivity index (χ4v) is 2.86. The van der Waals surface area contributed by atoms with Crippen LogP contribution in [-0.2, 0) is 25.6 Å². The number of nitrogens with one attached hydrogen (secondary N) is 3. The lowest BCUT2D eigenvalue weighted by Crippen LogP contribution is -2.57. The largest absolute Gasteiger partial charge is 0.481 e. The van der Waals surface area contributed by atoms with Crippen molar-refractivity contribution in [2.45, 2.75) is 44.0 Å². The SMILES string of the molecule is CC(O)C(N)C(=O)NC(Cc1c[nH]c2ccccc12)C(=O)NC(CC(=O)O)C(=O)O. The number of aliphatic hydroxyl groups excluding tert-OH is 1. The second-order valence-electron chi connectivity index (χ2n) is 6.89. The second-order valence-corrected chi connectivity index (χ2v) is 6.89. The number of fused-ring (bicyclic) bond motifs is 1. The van der Waals surface area contributed by atoms with Gasteiger partial charge in [-0.2, -0.15) is 0 Å². The molecule has 8 N–H and O–H groups in total. The molecule has 162 valence electrons. The molecule has 0 spiro atoms. The summed E-state index contributed by atoms with van der Waals surface area (Å²) >= 11 is 0. The molecule has 2 amide bonds. The van der Waals surface area contributed by atoms with Crippen LogP contribution in [0.25, 0.3) is 10.9 Å². The molecule has 0 bridgehead atoms. The van der Waals surface area contributed by atoms with E-state index in [1.807, 2.05) is 18.2 Å². The van der Waals surface area contributed by atoms with E-state index in [0.717, 1.165) is 10.9 Å². The Balaban J connectivity index is 2.27. The van der Waals surface area contributed by atoms with E-state index in [-0.39, 0.29) is 6.42 Å². The lowest BCUT2D eigenvalue weighted by atomic mass is 10.0. The van der Waals surface area contributed by atoms with Gasteiger partial charge in [0.1, 0.15) is 18.1 Å². The van der Waals surface area contributed by atoms with Gasteiger partial charge in [0.2, 0.25) is 11.8 Å². The average molecular weight is 420 g/mol. The van der Waals surface area contributed by atoms with Gasteiger partial charge in [-0.15, -0.1) is 0 Å². The monoisotopic (exact) mass is 420 g/mol. The predicted octanol–water partition coefficient (Wildman–Crippen LogP) is -1.05. The van der Waals surface area contributed by atoms with Gasteiger partial charge >= 0.3 is 11.9 Å². The Morgan fingerprint density at radius 2 is 1.70 bits per heavy atom. The van der Waals surface area contributed by atoms with Gasteiger partial charge in [-0.25, -0.2) is 4.79 Å². The maximum Gasteiger partial charge on any atom is 0.326 e. The van der Waals surface area contributed by atoms with E-state index in [1.165, 1.54) is 6.92 Å². The first-order chi connectivity index (χ1) is 14.1. The summed E-state index contributed by atoms with van der Waals surface area (Å²) in [5.41, 5.74) is 7.08. The summed E-state index contributed by atoms with van der Waals surface area (Å²) in [5, 5.41) is 32.9. The molecule has 1 heterocycles. The number of carbonyl (C=O) groups is 4. The van der Waals surface area contributed by atoms with Crippen LogP contribution >= 0.6 is 0 Å². The third-order valence-electron chi connectivity index (χ3n) is 4.55. The summed E-state index contributed by atoms with van der Waals surface area (Å²) in [5.74, 6) is -4.63. The van der Waals surface area contributed by atoms with Crippen molar-refractivity contribution in [1.29, 1.82) is 0 Å². The van der Waals surface area contributed by atoms with Crippen molar-refractivity contribution in [3.05, 3.63) is 36.0 Å². The van der Waals surface area contributed by atoms with Crippen LogP contribution in [0.5, 0.6) is 0 Å². The fraction of sp³-hybridized carbons (Fsp3) is 0.368. The zero-order valence-corrected chi connectivity index (χ0v) is 16.2. The number of nitrogens with two attached hydrogens (primary N) is 1. The first-order valence-corrected chi connectivity index (χ1v) is 9.14. The standard InChI is InChI=1S/C19H24N4O7/c1-9(24)16(20)18(28)22-13(17(27)23-14(19(29)30)7-15(25)26)6-10-8-21-12-5-3-2-4-11(10)12/h2-5,8-9,13-14,16,21,24H,6-7,20H2,1H3,(H,22,28)(H,23,27)(H,25,26)(H,29,30). The molecule has 0 aliphatic rings. The number of aromatic amines is 1. The molecule has 0 saturated heterocycles. The summed E-state index contributed by atoms with van der Waals surface area (Å²) < 4.78 is 0. The number of carbonyl (C=O) groups excluding carboxylic acids is 2. The Morgan fingerprint density at radius 3 is 2.30 bits per heavy atom. The number of aliphatic carboxylic acids is 2. The van der Waals surface area contributed by atoms with Crippen molar-refractivity contribution in [2.75, 3.05) is 0 Å². The number of H-pyrrole nitrogens is 1. The van der Waals surface area contributed by atoms with Crippen molar-refractivity contribution in [3.63, 3.8) is 0 Å². The number of carboxylic acids is 2. The Labute approximate surface area is 171 Å².